The highest BCUT2D eigenvalue weighted by Gasteiger charge is 2.15. The molecule has 92 valence electrons. The van der Waals surface area contributed by atoms with Crippen LogP contribution in [0.3, 0.4) is 0 Å². The summed E-state index contributed by atoms with van der Waals surface area (Å²) in [5.74, 6) is 0.153. The Kier molecular flexibility index (Phi) is 5.37. The van der Waals surface area contributed by atoms with Crippen LogP contribution in [0.4, 0.5) is 8.78 Å². The Hall–Kier alpha value is -1.67. The molecule has 0 aliphatic heterocycles. The third kappa shape index (κ3) is 4.00. The molecular formula is C12H14F2N2O. The molecular weight excluding hydrogens is 226 g/mol. The molecule has 0 fully saturated rings. The van der Waals surface area contributed by atoms with Crippen LogP contribution in [0.2, 0.25) is 0 Å². The number of nitrogens with zero attached hydrogens (tertiary/aromatic N) is 1. The van der Waals surface area contributed by atoms with Crippen molar-refractivity contribution >= 4 is 0 Å². The summed E-state index contributed by atoms with van der Waals surface area (Å²) in [5.41, 5.74) is 0.644. The second-order valence-electron chi connectivity index (χ2n) is 3.42. The quantitative estimate of drug-likeness (QED) is 0.777. The minimum absolute atomic E-state index is 0.153. The molecule has 5 heteroatoms. The lowest BCUT2D eigenvalue weighted by molar-refractivity contribution is -0.0507. The zero-order chi connectivity index (χ0) is 12.7. The number of nitriles is 1. The Bertz CT molecular complexity index is 390. The molecule has 0 unspecified atom stereocenters. The van der Waals surface area contributed by atoms with Gasteiger partial charge in [-0.05, 0) is 12.5 Å². The molecule has 3 nitrogen and oxygen atoms in total. The Labute approximate surface area is 99.0 Å². The summed E-state index contributed by atoms with van der Waals surface area (Å²) >= 11 is 0. The number of benzene rings is 1. The second-order valence-corrected chi connectivity index (χ2v) is 3.42. The van der Waals surface area contributed by atoms with Gasteiger partial charge in [0.1, 0.15) is 5.75 Å². The van der Waals surface area contributed by atoms with Crippen LogP contribution < -0.4 is 10.1 Å². The Morgan fingerprint density at radius 3 is 2.71 bits per heavy atom. The maximum absolute atomic E-state index is 12.2. The van der Waals surface area contributed by atoms with Crippen molar-refractivity contribution in [1.82, 2.24) is 5.32 Å². The van der Waals surface area contributed by atoms with Crippen LogP contribution in [0.15, 0.2) is 24.3 Å². The van der Waals surface area contributed by atoms with Crippen molar-refractivity contribution in [3.63, 3.8) is 0 Å². The van der Waals surface area contributed by atoms with Gasteiger partial charge in [-0.3, -0.25) is 5.32 Å². The van der Waals surface area contributed by atoms with E-state index in [1.807, 2.05) is 13.0 Å². The van der Waals surface area contributed by atoms with Crippen molar-refractivity contribution in [2.45, 2.75) is 26.0 Å². The molecule has 0 spiro atoms. The fraction of sp³-hybridized carbons (Fsp3) is 0.417. The summed E-state index contributed by atoms with van der Waals surface area (Å²) in [5, 5.41) is 11.5. The minimum Gasteiger partial charge on any atom is -0.434 e. The first-order valence-corrected chi connectivity index (χ1v) is 5.33. The third-order valence-electron chi connectivity index (χ3n) is 2.35. The van der Waals surface area contributed by atoms with E-state index in [1.165, 1.54) is 6.07 Å². The average Bonchev–Trinajstić information content (AvgIpc) is 2.31. The van der Waals surface area contributed by atoms with Crippen LogP contribution in [0.1, 0.15) is 24.9 Å². The van der Waals surface area contributed by atoms with Gasteiger partial charge in [0.05, 0.1) is 12.6 Å². The van der Waals surface area contributed by atoms with Crippen LogP contribution in [0.5, 0.6) is 5.75 Å². The lowest BCUT2D eigenvalue weighted by Gasteiger charge is -2.19. The number of hydrogen-bond acceptors (Lipinski definition) is 3. The van der Waals surface area contributed by atoms with Gasteiger partial charge in [0, 0.05) is 11.6 Å². The topological polar surface area (TPSA) is 45.0 Å². The highest BCUT2D eigenvalue weighted by atomic mass is 19.3. The molecule has 1 rings (SSSR count). The van der Waals surface area contributed by atoms with Crippen LogP contribution in [-0.2, 0) is 0 Å². The first kappa shape index (κ1) is 13.4. The predicted octanol–water partition coefficient (Wildman–Crippen LogP) is 2.85. The molecule has 0 bridgehead atoms. The average molecular weight is 240 g/mol. The summed E-state index contributed by atoms with van der Waals surface area (Å²) < 4.78 is 28.9. The SMILES string of the molecule is CC[C@@H](NCC#N)c1ccccc1OC(F)F. The molecule has 0 radical (unpaired) electrons. The molecule has 0 heterocycles. The van der Waals surface area contributed by atoms with Gasteiger partial charge in [-0.2, -0.15) is 14.0 Å². The van der Waals surface area contributed by atoms with Crippen molar-refractivity contribution in [2.24, 2.45) is 0 Å². The Morgan fingerprint density at radius 2 is 2.12 bits per heavy atom. The van der Waals surface area contributed by atoms with E-state index in [4.69, 9.17) is 5.26 Å². The zero-order valence-corrected chi connectivity index (χ0v) is 9.49. The van der Waals surface area contributed by atoms with Gasteiger partial charge in [0.2, 0.25) is 0 Å². The van der Waals surface area contributed by atoms with Crippen molar-refractivity contribution in [2.75, 3.05) is 6.54 Å². The van der Waals surface area contributed by atoms with Gasteiger partial charge in [0.25, 0.3) is 0 Å². The first-order valence-electron chi connectivity index (χ1n) is 5.33. The molecule has 0 saturated carbocycles. The van der Waals surface area contributed by atoms with Crippen molar-refractivity contribution in [3.8, 4) is 11.8 Å². The molecule has 17 heavy (non-hydrogen) atoms. The van der Waals surface area contributed by atoms with Gasteiger partial charge in [-0.25, -0.2) is 0 Å². The van der Waals surface area contributed by atoms with Crippen LogP contribution in [-0.4, -0.2) is 13.2 Å². The number of ether oxygens (including phenoxy) is 1. The molecule has 1 aromatic carbocycles. The summed E-state index contributed by atoms with van der Waals surface area (Å²) in [6.45, 7) is -0.764. The number of rotatable bonds is 6. The highest BCUT2D eigenvalue weighted by molar-refractivity contribution is 5.36. The van der Waals surface area contributed by atoms with Crippen LogP contribution in [0, 0.1) is 11.3 Å². The number of para-hydroxylation sites is 1. The molecule has 0 amide bonds. The lowest BCUT2D eigenvalue weighted by atomic mass is 10.0. The van der Waals surface area contributed by atoms with E-state index >= 15 is 0 Å². The predicted molar refractivity (Wildman–Crippen MR) is 59.7 cm³/mol. The lowest BCUT2D eigenvalue weighted by Crippen LogP contribution is -2.22. The maximum atomic E-state index is 12.2. The van der Waals surface area contributed by atoms with E-state index in [-0.39, 0.29) is 18.3 Å². The van der Waals surface area contributed by atoms with E-state index in [0.29, 0.717) is 12.0 Å². The Balaban J connectivity index is 2.89. The van der Waals surface area contributed by atoms with Crippen molar-refractivity contribution < 1.29 is 13.5 Å². The van der Waals surface area contributed by atoms with E-state index < -0.39 is 6.61 Å². The van der Waals surface area contributed by atoms with E-state index in [9.17, 15) is 8.78 Å². The largest absolute Gasteiger partial charge is 0.434 e. The summed E-state index contributed by atoms with van der Waals surface area (Å²) in [6, 6.07) is 8.41. The molecule has 1 N–H and O–H groups in total. The summed E-state index contributed by atoms with van der Waals surface area (Å²) in [4.78, 5) is 0. The van der Waals surface area contributed by atoms with Gasteiger partial charge in [0.15, 0.2) is 0 Å². The standard InChI is InChI=1S/C12H14F2N2O/c1-2-10(16-8-7-15)9-5-3-4-6-11(9)17-12(13)14/h3-6,10,12,16H,2,8H2,1H3/t10-/m1/s1. The normalized spacial score (nSPS) is 12.2. The maximum Gasteiger partial charge on any atom is 0.387 e. The number of halogens is 2. The minimum atomic E-state index is -2.84. The fourth-order valence-electron chi connectivity index (χ4n) is 1.61. The monoisotopic (exact) mass is 240 g/mol. The van der Waals surface area contributed by atoms with Gasteiger partial charge in [-0.15, -0.1) is 0 Å². The van der Waals surface area contributed by atoms with Gasteiger partial charge >= 0.3 is 6.61 Å². The smallest absolute Gasteiger partial charge is 0.387 e. The summed E-state index contributed by atoms with van der Waals surface area (Å²) in [7, 11) is 0. The van der Waals surface area contributed by atoms with Crippen LogP contribution in [0.25, 0.3) is 0 Å². The van der Waals surface area contributed by atoms with E-state index in [1.54, 1.807) is 18.2 Å². The fourth-order valence-corrected chi connectivity index (χ4v) is 1.61. The van der Waals surface area contributed by atoms with Crippen LogP contribution >= 0.6 is 0 Å². The second kappa shape index (κ2) is 6.81. The van der Waals surface area contributed by atoms with E-state index in [2.05, 4.69) is 10.1 Å². The molecule has 1 atom stereocenters. The first-order chi connectivity index (χ1) is 8.19. The zero-order valence-electron chi connectivity index (χ0n) is 9.49. The Morgan fingerprint density at radius 1 is 1.41 bits per heavy atom. The van der Waals surface area contributed by atoms with Gasteiger partial charge < -0.3 is 4.74 Å². The van der Waals surface area contributed by atoms with Gasteiger partial charge in [-0.1, -0.05) is 25.1 Å². The summed E-state index contributed by atoms with van der Waals surface area (Å²) in [6.07, 6.45) is 0.686. The molecule has 0 aliphatic rings. The van der Waals surface area contributed by atoms with E-state index in [0.717, 1.165) is 0 Å². The number of nitrogens with one attached hydrogen (secondary N) is 1. The van der Waals surface area contributed by atoms with Crippen molar-refractivity contribution in [1.29, 1.82) is 5.26 Å². The molecule has 0 aromatic heterocycles. The highest BCUT2D eigenvalue weighted by Crippen LogP contribution is 2.28. The van der Waals surface area contributed by atoms with Crippen molar-refractivity contribution in [3.05, 3.63) is 29.8 Å². The number of alkyl halides is 2. The number of hydrogen-bond donors (Lipinski definition) is 1. The third-order valence-corrected chi connectivity index (χ3v) is 2.35. The molecule has 1 aromatic rings. The molecule has 0 saturated heterocycles. The molecule has 0 aliphatic carbocycles.